The number of nitrogens with zero attached hydrogens (tertiary/aromatic N) is 4. The van der Waals surface area contributed by atoms with E-state index >= 15 is 0 Å². The molecule has 2 aromatic carbocycles. The number of halogens is 1. The molecule has 0 radical (unpaired) electrons. The first-order chi connectivity index (χ1) is 14.3. The molecule has 2 heterocycles. The molecule has 0 aliphatic carbocycles. The van der Waals surface area contributed by atoms with Gasteiger partial charge >= 0.3 is 0 Å². The van der Waals surface area contributed by atoms with Crippen LogP contribution in [0.1, 0.15) is 43.8 Å². The molecule has 2 unspecified atom stereocenters. The van der Waals surface area contributed by atoms with Crippen LogP contribution in [0, 0.1) is 5.82 Å². The summed E-state index contributed by atoms with van der Waals surface area (Å²) in [7, 11) is 1.62. The van der Waals surface area contributed by atoms with Gasteiger partial charge in [-0.25, -0.2) is 9.07 Å². The largest absolute Gasteiger partial charge is 0.497 e. The number of rotatable bonds is 5. The minimum atomic E-state index is -1.07. The molecular weight excluding hydrogens is 383 g/mol. The lowest BCUT2D eigenvalue weighted by Crippen LogP contribution is -2.39. The number of β-amino-alcohol motifs (C(OH)–C–C–N with tert-alkyl or cyclic N) is 1. The monoisotopic (exact) mass is 408 g/mol. The second-order valence-electron chi connectivity index (χ2n) is 7.87. The highest BCUT2D eigenvalue weighted by Gasteiger charge is 2.33. The van der Waals surface area contributed by atoms with Gasteiger partial charge in [0.15, 0.2) is 0 Å². The molecule has 4 rings (SSSR count). The zero-order valence-corrected chi connectivity index (χ0v) is 17.5. The molecule has 0 saturated heterocycles. The van der Waals surface area contributed by atoms with Crippen LogP contribution in [0.25, 0.3) is 11.3 Å². The Balaban J connectivity index is 1.62. The number of aromatic nitrogens is 3. The van der Waals surface area contributed by atoms with Crippen molar-refractivity contribution in [3.63, 3.8) is 0 Å². The van der Waals surface area contributed by atoms with E-state index in [0.717, 1.165) is 34.0 Å². The van der Waals surface area contributed by atoms with Crippen LogP contribution in [0.15, 0.2) is 54.7 Å². The molecule has 30 heavy (non-hydrogen) atoms. The van der Waals surface area contributed by atoms with Crippen LogP contribution in [-0.2, 0) is 5.60 Å². The number of ether oxygens (including phenoxy) is 1. The first kappa shape index (κ1) is 20.1. The standard InChI is InChI=1S/C23H25FN4O2/c1-15-13-27(14-23(3,29)17-5-11-20(30-4)12-6-17)16(2)21-22(15)28(26-25-21)19-9-7-18(24)8-10-19/h5-13,16,29H,14H2,1-4H3. The van der Waals surface area contributed by atoms with Crippen LogP contribution in [0.2, 0.25) is 0 Å². The van der Waals surface area contributed by atoms with Crippen molar-refractivity contribution in [2.75, 3.05) is 13.7 Å². The second kappa shape index (κ2) is 7.57. The predicted octanol–water partition coefficient (Wildman–Crippen LogP) is 4.06. The Kier molecular flexibility index (Phi) is 5.07. The topological polar surface area (TPSA) is 63.4 Å². The molecule has 0 fully saturated rings. The van der Waals surface area contributed by atoms with Crippen molar-refractivity contribution < 1.29 is 14.2 Å². The first-order valence-corrected chi connectivity index (χ1v) is 9.83. The molecule has 1 aromatic heterocycles. The Labute approximate surface area is 175 Å². The van der Waals surface area contributed by atoms with Gasteiger partial charge < -0.3 is 14.7 Å². The summed E-state index contributed by atoms with van der Waals surface area (Å²) >= 11 is 0. The van der Waals surface area contributed by atoms with E-state index in [1.807, 2.05) is 44.3 Å². The van der Waals surface area contributed by atoms with E-state index in [2.05, 4.69) is 15.2 Å². The summed E-state index contributed by atoms with van der Waals surface area (Å²) in [6.07, 6.45) is 2.02. The van der Waals surface area contributed by atoms with E-state index in [-0.39, 0.29) is 11.9 Å². The molecule has 1 aliphatic heterocycles. The van der Waals surface area contributed by atoms with Crippen molar-refractivity contribution in [1.82, 2.24) is 19.9 Å². The van der Waals surface area contributed by atoms with E-state index in [4.69, 9.17) is 4.74 Å². The van der Waals surface area contributed by atoms with Crippen LogP contribution in [-0.4, -0.2) is 38.7 Å². The van der Waals surface area contributed by atoms with Crippen molar-refractivity contribution in [3.05, 3.63) is 77.5 Å². The minimum Gasteiger partial charge on any atom is -0.497 e. The van der Waals surface area contributed by atoms with Crippen LogP contribution in [0.3, 0.4) is 0 Å². The molecule has 0 spiro atoms. The maximum absolute atomic E-state index is 13.3. The summed E-state index contributed by atoms with van der Waals surface area (Å²) in [5.74, 6) is 0.457. The highest BCUT2D eigenvalue weighted by molar-refractivity contribution is 5.66. The van der Waals surface area contributed by atoms with Crippen molar-refractivity contribution in [2.45, 2.75) is 32.4 Å². The van der Waals surface area contributed by atoms with Gasteiger partial charge in [0.25, 0.3) is 0 Å². The number of fused-ring (bicyclic) bond motifs is 1. The highest BCUT2D eigenvalue weighted by atomic mass is 19.1. The van der Waals surface area contributed by atoms with Gasteiger partial charge in [0.05, 0.1) is 31.1 Å². The summed E-state index contributed by atoms with van der Waals surface area (Å²) in [6.45, 7) is 6.22. The van der Waals surface area contributed by atoms with Gasteiger partial charge in [0.2, 0.25) is 0 Å². The zero-order chi connectivity index (χ0) is 21.5. The van der Waals surface area contributed by atoms with Crippen molar-refractivity contribution >= 4 is 5.57 Å². The van der Waals surface area contributed by atoms with E-state index in [1.165, 1.54) is 12.1 Å². The van der Waals surface area contributed by atoms with Gasteiger partial charge in [-0.15, -0.1) is 5.10 Å². The molecule has 2 atom stereocenters. The summed E-state index contributed by atoms with van der Waals surface area (Å²) in [5, 5.41) is 19.9. The molecule has 1 aliphatic rings. The van der Waals surface area contributed by atoms with Crippen LogP contribution >= 0.6 is 0 Å². The number of aliphatic hydroxyl groups is 1. The zero-order valence-electron chi connectivity index (χ0n) is 17.5. The number of hydrogen-bond donors (Lipinski definition) is 1. The first-order valence-electron chi connectivity index (χ1n) is 9.83. The maximum atomic E-state index is 13.3. The fourth-order valence-corrected chi connectivity index (χ4v) is 3.87. The van der Waals surface area contributed by atoms with Gasteiger partial charge in [-0.1, -0.05) is 17.3 Å². The summed E-state index contributed by atoms with van der Waals surface area (Å²) in [5.41, 5.74) is 3.19. The molecule has 3 aromatic rings. The Morgan fingerprint density at radius 3 is 2.43 bits per heavy atom. The van der Waals surface area contributed by atoms with Crippen LogP contribution < -0.4 is 4.74 Å². The summed E-state index contributed by atoms with van der Waals surface area (Å²) in [4.78, 5) is 2.07. The van der Waals surface area contributed by atoms with Crippen molar-refractivity contribution in [1.29, 1.82) is 0 Å². The third kappa shape index (κ3) is 3.57. The summed E-state index contributed by atoms with van der Waals surface area (Å²) in [6, 6.07) is 13.5. The van der Waals surface area contributed by atoms with Gasteiger partial charge in [-0.2, -0.15) is 0 Å². The van der Waals surface area contributed by atoms with Crippen molar-refractivity contribution in [2.24, 2.45) is 0 Å². The Morgan fingerprint density at radius 1 is 1.13 bits per heavy atom. The lowest BCUT2D eigenvalue weighted by Gasteiger charge is -2.37. The smallest absolute Gasteiger partial charge is 0.123 e. The highest BCUT2D eigenvalue weighted by Crippen LogP contribution is 2.36. The molecule has 7 heteroatoms. The molecule has 1 N–H and O–H groups in total. The van der Waals surface area contributed by atoms with E-state index in [0.29, 0.717) is 6.54 Å². The molecule has 6 nitrogen and oxygen atoms in total. The molecule has 0 saturated carbocycles. The molecule has 156 valence electrons. The molecule has 0 bridgehead atoms. The average molecular weight is 408 g/mol. The quantitative estimate of drug-likeness (QED) is 0.690. The average Bonchev–Trinajstić information content (AvgIpc) is 3.18. The molecular formula is C23H25FN4O2. The fourth-order valence-electron chi connectivity index (χ4n) is 3.87. The van der Waals surface area contributed by atoms with Crippen LogP contribution in [0.4, 0.5) is 4.39 Å². The van der Waals surface area contributed by atoms with Gasteiger partial charge in [-0.3, -0.25) is 0 Å². The predicted molar refractivity (Wildman–Crippen MR) is 113 cm³/mol. The third-order valence-electron chi connectivity index (χ3n) is 5.60. The Bertz CT molecular complexity index is 1070. The SMILES string of the molecule is COc1ccc(C(C)(O)CN2C=C(C)c3c(nnn3-c3ccc(F)cc3)C2C)cc1. The van der Waals surface area contributed by atoms with Gasteiger partial charge in [0, 0.05) is 6.20 Å². The van der Waals surface area contributed by atoms with E-state index < -0.39 is 5.60 Å². The summed E-state index contributed by atoms with van der Waals surface area (Å²) < 4.78 is 20.2. The molecule has 0 amide bonds. The van der Waals surface area contributed by atoms with Gasteiger partial charge in [0.1, 0.15) is 22.9 Å². The van der Waals surface area contributed by atoms with Gasteiger partial charge in [-0.05, 0) is 68.3 Å². The number of methoxy groups -OCH3 is 1. The van der Waals surface area contributed by atoms with Crippen LogP contribution in [0.5, 0.6) is 5.75 Å². The minimum absolute atomic E-state index is 0.0809. The lowest BCUT2D eigenvalue weighted by molar-refractivity contribution is 0.0192. The maximum Gasteiger partial charge on any atom is 0.123 e. The number of benzene rings is 2. The fraction of sp³-hybridized carbons (Fsp3) is 0.304. The number of hydrogen-bond acceptors (Lipinski definition) is 5. The van der Waals surface area contributed by atoms with E-state index in [9.17, 15) is 9.50 Å². The third-order valence-corrected chi connectivity index (χ3v) is 5.60. The second-order valence-corrected chi connectivity index (χ2v) is 7.87. The van der Waals surface area contributed by atoms with E-state index in [1.54, 1.807) is 30.8 Å². The Morgan fingerprint density at radius 2 is 1.80 bits per heavy atom. The van der Waals surface area contributed by atoms with Crippen molar-refractivity contribution in [3.8, 4) is 11.4 Å². The normalized spacial score (nSPS) is 17.9. The lowest BCUT2D eigenvalue weighted by atomic mass is 9.93. The Hall–Kier alpha value is -3.19. The number of allylic oxidation sites excluding steroid dienone is 1.